The summed E-state index contributed by atoms with van der Waals surface area (Å²) in [6, 6.07) is 13.6. The molecular formula is C24H19Br2Cl2N3OSe. The molecule has 1 atom stereocenters. The topological polar surface area (TPSA) is 46.9 Å². The van der Waals surface area contributed by atoms with Crippen molar-refractivity contribution in [3.05, 3.63) is 95.0 Å². The number of nitrogens with one attached hydrogen (secondary N) is 1. The molecule has 4 nitrogen and oxygen atoms in total. The Morgan fingerprint density at radius 2 is 1.97 bits per heavy atom. The molecule has 2 aromatic carbocycles. The van der Waals surface area contributed by atoms with Crippen LogP contribution in [0.2, 0.25) is 10.0 Å². The Morgan fingerprint density at radius 3 is 2.73 bits per heavy atom. The maximum atomic E-state index is 13.5. The fraction of sp³-hybridized carbons (Fsp3) is 0.167. The number of amides is 1. The van der Waals surface area contributed by atoms with Gasteiger partial charge in [0.15, 0.2) is 0 Å². The number of benzene rings is 2. The number of halogens is 4. The van der Waals surface area contributed by atoms with Crippen LogP contribution in [0, 0.1) is 0 Å². The second-order valence-electron chi connectivity index (χ2n) is 7.86. The van der Waals surface area contributed by atoms with Gasteiger partial charge >= 0.3 is 226 Å². The molecule has 0 radical (unpaired) electrons. The van der Waals surface area contributed by atoms with Crippen molar-refractivity contribution in [1.29, 1.82) is 0 Å². The fourth-order valence-electron chi connectivity index (χ4n) is 4.24. The van der Waals surface area contributed by atoms with E-state index in [1.54, 1.807) is 16.8 Å². The Hall–Kier alpha value is -1.34. The first kappa shape index (κ1) is 23.4. The van der Waals surface area contributed by atoms with Crippen LogP contribution in [0.15, 0.2) is 62.5 Å². The van der Waals surface area contributed by atoms with E-state index in [9.17, 15) is 4.79 Å². The summed E-state index contributed by atoms with van der Waals surface area (Å²) in [5, 5.41) is 8.96. The van der Waals surface area contributed by atoms with Crippen LogP contribution >= 0.6 is 55.1 Å². The Bertz CT molecular complexity index is 1340. The number of aromatic nitrogens is 2. The average molecular weight is 675 g/mol. The van der Waals surface area contributed by atoms with E-state index in [2.05, 4.69) is 67.5 Å². The van der Waals surface area contributed by atoms with Crippen molar-refractivity contribution in [2.75, 3.05) is 0 Å². The number of allylic oxidation sites excluding steroid dienone is 2. The van der Waals surface area contributed by atoms with E-state index in [1.807, 2.05) is 12.1 Å². The number of carbonyl (C=O) groups is 1. The summed E-state index contributed by atoms with van der Waals surface area (Å²) in [6.07, 6.45) is 7.12. The van der Waals surface area contributed by atoms with Gasteiger partial charge in [0, 0.05) is 0 Å². The number of rotatable bonds is 4. The molecule has 1 aliphatic carbocycles. The number of fused-ring (bicyclic) bond motifs is 1. The molecule has 1 N–H and O–H groups in total. The van der Waals surface area contributed by atoms with Crippen LogP contribution in [0.1, 0.15) is 46.2 Å². The zero-order valence-electron chi connectivity index (χ0n) is 17.2. The first-order valence-electron chi connectivity index (χ1n) is 10.4. The van der Waals surface area contributed by atoms with Gasteiger partial charge in [0.25, 0.3) is 0 Å². The van der Waals surface area contributed by atoms with Crippen molar-refractivity contribution in [1.82, 2.24) is 15.1 Å². The molecule has 3 aromatic rings. The van der Waals surface area contributed by atoms with Gasteiger partial charge < -0.3 is 0 Å². The van der Waals surface area contributed by atoms with E-state index in [0.29, 0.717) is 25.9 Å². The second kappa shape index (κ2) is 9.73. The maximum absolute atomic E-state index is 13.5. The average Bonchev–Trinajstić information content (AvgIpc) is 3.36. The molecule has 1 aromatic heterocycles. The van der Waals surface area contributed by atoms with Gasteiger partial charge in [-0.2, -0.15) is 0 Å². The number of nitrogens with zero attached hydrogens (tertiary/aromatic N) is 2. The molecule has 0 bridgehead atoms. The Labute approximate surface area is 224 Å². The minimum absolute atomic E-state index is 0.0305. The van der Waals surface area contributed by atoms with Crippen LogP contribution < -0.4 is 5.32 Å². The molecule has 1 amide bonds. The van der Waals surface area contributed by atoms with Crippen LogP contribution in [-0.2, 0) is 6.42 Å². The summed E-state index contributed by atoms with van der Waals surface area (Å²) < 4.78 is 4.75. The van der Waals surface area contributed by atoms with Crippen LogP contribution in [0.4, 0.5) is 0 Å². The van der Waals surface area contributed by atoms with E-state index < -0.39 is 15.0 Å². The summed E-state index contributed by atoms with van der Waals surface area (Å²) in [5.74, 6) is -0.209. The molecule has 1 unspecified atom stereocenters. The predicted molar refractivity (Wildman–Crippen MR) is 144 cm³/mol. The van der Waals surface area contributed by atoms with Crippen molar-refractivity contribution >= 4 is 80.4 Å². The Balaban J connectivity index is 1.55. The zero-order chi connectivity index (χ0) is 23.1. The third-order valence-electron chi connectivity index (χ3n) is 5.76. The van der Waals surface area contributed by atoms with E-state index in [1.165, 1.54) is 14.5 Å². The Morgan fingerprint density at radius 1 is 1.15 bits per heavy atom. The van der Waals surface area contributed by atoms with Gasteiger partial charge in [-0.3, -0.25) is 0 Å². The molecule has 0 saturated carbocycles. The van der Waals surface area contributed by atoms with Crippen LogP contribution in [-0.4, -0.2) is 30.6 Å². The van der Waals surface area contributed by atoms with E-state index in [4.69, 9.17) is 28.3 Å². The van der Waals surface area contributed by atoms with Crippen LogP contribution in [0.25, 0.3) is 10.2 Å². The molecule has 0 fully saturated rings. The number of hydrogen-bond donors (Lipinski definition) is 1. The Kier molecular flexibility index (Phi) is 6.90. The molecule has 2 aliphatic rings. The van der Waals surface area contributed by atoms with Gasteiger partial charge in [-0.05, 0) is 0 Å². The number of aryl methyl sites for hydroxylation is 1. The van der Waals surface area contributed by atoms with Gasteiger partial charge in [-0.15, -0.1) is 0 Å². The fourth-order valence-corrected chi connectivity index (χ4v) is 8.97. The summed E-state index contributed by atoms with van der Waals surface area (Å²) in [7, 11) is 0. The van der Waals surface area contributed by atoms with Gasteiger partial charge in [-0.1, -0.05) is 0 Å². The van der Waals surface area contributed by atoms with Crippen molar-refractivity contribution in [2.24, 2.45) is 0 Å². The summed E-state index contributed by atoms with van der Waals surface area (Å²) in [6.45, 7) is 0. The molecule has 9 heteroatoms. The standard InChI is InChI=1S/C24H19Br2Cl2N3OSe/c25-20-11-10-19(33-20)23-21(26)22(30-31(23)18-9-8-14(27)12-16(18)28)24(32)29-17-7-3-5-13-4-1-2-6-15(13)17/h1-2,4,6,8-12,17H,3,5,7,33H2,(H,29,32). The molecular weight excluding hydrogens is 656 g/mol. The molecule has 33 heavy (non-hydrogen) atoms. The van der Waals surface area contributed by atoms with Gasteiger partial charge in [0.05, 0.1) is 0 Å². The zero-order valence-corrected chi connectivity index (χ0v) is 24.0. The quantitative estimate of drug-likeness (QED) is 0.321. The van der Waals surface area contributed by atoms with Crippen LogP contribution in [0.3, 0.4) is 0 Å². The molecule has 0 saturated heterocycles. The van der Waals surface area contributed by atoms with Gasteiger partial charge in [0.2, 0.25) is 0 Å². The summed E-state index contributed by atoms with van der Waals surface area (Å²) in [5.41, 5.74) is 4.35. The monoisotopic (exact) mass is 673 g/mol. The first-order valence-corrected chi connectivity index (χ1v) is 14.8. The van der Waals surface area contributed by atoms with E-state index >= 15 is 0 Å². The predicted octanol–water partition coefficient (Wildman–Crippen LogP) is 6.51. The normalized spacial score (nSPS) is 18.6. The van der Waals surface area contributed by atoms with Gasteiger partial charge in [-0.25, -0.2) is 0 Å². The first-order chi connectivity index (χ1) is 15.9. The summed E-state index contributed by atoms with van der Waals surface area (Å²) in [4.78, 5) is 13.5. The van der Waals surface area contributed by atoms with Crippen molar-refractivity contribution in [3.63, 3.8) is 0 Å². The second-order valence-corrected chi connectivity index (χ2v) is 14.7. The van der Waals surface area contributed by atoms with Crippen molar-refractivity contribution < 1.29 is 4.79 Å². The van der Waals surface area contributed by atoms with Crippen molar-refractivity contribution in [3.8, 4) is 5.69 Å². The number of carbonyl (C=O) groups excluding carboxylic acids is 1. The van der Waals surface area contributed by atoms with E-state index in [0.717, 1.165) is 29.4 Å². The third kappa shape index (κ3) is 4.64. The van der Waals surface area contributed by atoms with Crippen molar-refractivity contribution in [2.45, 2.75) is 25.3 Å². The molecule has 0 spiro atoms. The minimum atomic E-state index is -0.571. The van der Waals surface area contributed by atoms with Crippen LogP contribution in [0.5, 0.6) is 0 Å². The third-order valence-corrected chi connectivity index (χ3v) is 10.6. The summed E-state index contributed by atoms with van der Waals surface area (Å²) >= 11 is 19.4. The van der Waals surface area contributed by atoms with E-state index in [-0.39, 0.29) is 11.9 Å². The molecule has 2 heterocycles. The SMILES string of the molecule is O=C(NC1CCCc2ccccc21)c1nn(-c2ccc(Cl)cc2Cl)c(C2=CC=C(Br)[SeH2]2)c1Br. The molecule has 1 aliphatic heterocycles. The molecule has 5 rings (SSSR count). The molecule has 170 valence electrons. The van der Waals surface area contributed by atoms with Gasteiger partial charge in [0.1, 0.15) is 0 Å². The number of hydrogen-bond acceptors (Lipinski definition) is 2.